The second-order valence-electron chi connectivity index (χ2n) is 7.33. The lowest BCUT2D eigenvalue weighted by Crippen LogP contribution is -1.98. The fourth-order valence-corrected chi connectivity index (χ4v) is 4.93. The summed E-state index contributed by atoms with van der Waals surface area (Å²) in [4.78, 5) is 6.27. The molecule has 0 saturated heterocycles. The molecule has 0 atom stereocenters. The van der Waals surface area contributed by atoms with E-state index in [1.165, 1.54) is 43.7 Å². The molecular formula is C22H24N4S. The number of thiazole rings is 1. The summed E-state index contributed by atoms with van der Waals surface area (Å²) in [5.74, 6) is 0. The molecule has 3 heterocycles. The number of aromatic nitrogens is 4. The van der Waals surface area contributed by atoms with Crippen LogP contribution in [0, 0.1) is 48.5 Å². The second-order valence-corrected chi connectivity index (χ2v) is 8.51. The molecule has 0 aliphatic rings. The first kappa shape index (κ1) is 17.9. The van der Waals surface area contributed by atoms with Crippen molar-refractivity contribution in [2.24, 2.45) is 0 Å². The van der Waals surface area contributed by atoms with E-state index in [0.29, 0.717) is 0 Å². The third-order valence-corrected chi connectivity index (χ3v) is 6.43. The largest absolute Gasteiger partial charge is 0.293 e. The molecule has 0 N–H and O–H groups in total. The molecule has 3 aromatic heterocycles. The van der Waals surface area contributed by atoms with E-state index in [1.54, 1.807) is 11.3 Å². The van der Waals surface area contributed by atoms with E-state index >= 15 is 0 Å². The molecule has 0 amide bonds. The first-order valence-corrected chi connectivity index (χ1v) is 9.98. The molecule has 0 saturated carbocycles. The van der Waals surface area contributed by atoms with Crippen LogP contribution in [-0.4, -0.2) is 19.7 Å². The molecule has 4 aromatic rings. The van der Waals surface area contributed by atoms with Crippen molar-refractivity contribution in [3.8, 4) is 16.4 Å². The Kier molecular flexibility index (Phi) is 4.15. The van der Waals surface area contributed by atoms with Crippen molar-refractivity contribution in [2.45, 2.75) is 48.5 Å². The van der Waals surface area contributed by atoms with Crippen molar-refractivity contribution in [1.29, 1.82) is 0 Å². The summed E-state index contributed by atoms with van der Waals surface area (Å²) in [6, 6.07) is 6.57. The smallest absolute Gasteiger partial charge is 0.194 e. The Balaban J connectivity index is 1.95. The van der Waals surface area contributed by atoms with Crippen molar-refractivity contribution in [3.63, 3.8) is 0 Å². The van der Waals surface area contributed by atoms with Gasteiger partial charge in [0.05, 0.1) is 17.1 Å². The predicted molar refractivity (Wildman–Crippen MR) is 113 cm³/mol. The Labute approximate surface area is 163 Å². The lowest BCUT2D eigenvalue weighted by atomic mass is 10.0. The molecule has 0 bridgehead atoms. The summed E-state index contributed by atoms with van der Waals surface area (Å²) in [6.45, 7) is 14.8. The van der Waals surface area contributed by atoms with Crippen molar-refractivity contribution in [2.75, 3.05) is 0 Å². The topological polar surface area (TPSA) is 43.6 Å². The predicted octanol–water partition coefficient (Wildman–Crippen LogP) is 5.70. The van der Waals surface area contributed by atoms with Crippen LogP contribution in [0.3, 0.4) is 0 Å². The first-order chi connectivity index (χ1) is 12.8. The van der Waals surface area contributed by atoms with Gasteiger partial charge in [-0.25, -0.2) is 4.98 Å². The van der Waals surface area contributed by atoms with Crippen molar-refractivity contribution >= 4 is 22.1 Å². The second kappa shape index (κ2) is 6.27. The summed E-state index contributed by atoms with van der Waals surface area (Å²) < 4.78 is 2.26. The van der Waals surface area contributed by atoms with E-state index in [4.69, 9.17) is 4.98 Å². The average Bonchev–Trinajstić information content (AvgIpc) is 3.12. The van der Waals surface area contributed by atoms with Crippen molar-refractivity contribution in [3.05, 3.63) is 57.0 Å². The summed E-state index contributed by atoms with van der Waals surface area (Å²) >= 11 is 1.74. The summed E-state index contributed by atoms with van der Waals surface area (Å²) in [7, 11) is 0. The minimum Gasteiger partial charge on any atom is -0.293 e. The molecule has 0 unspecified atom stereocenters. The van der Waals surface area contributed by atoms with Crippen LogP contribution in [0.1, 0.15) is 38.8 Å². The molecule has 4 rings (SSSR count). The molecule has 5 heteroatoms. The highest BCUT2D eigenvalue weighted by molar-refractivity contribution is 7.14. The molecule has 27 heavy (non-hydrogen) atoms. The Morgan fingerprint density at radius 2 is 1.37 bits per heavy atom. The van der Waals surface area contributed by atoms with Gasteiger partial charge in [0.25, 0.3) is 0 Å². The van der Waals surface area contributed by atoms with Gasteiger partial charge in [0.2, 0.25) is 0 Å². The molecule has 1 aromatic carbocycles. The zero-order valence-corrected chi connectivity index (χ0v) is 17.7. The molecule has 0 radical (unpaired) electrons. The molecule has 0 aliphatic carbocycles. The highest BCUT2D eigenvalue weighted by Crippen LogP contribution is 2.36. The number of hydrogen-bond acceptors (Lipinski definition) is 4. The molecule has 0 fully saturated rings. The fourth-order valence-electron chi connectivity index (χ4n) is 3.89. The maximum atomic E-state index is 5.04. The molecular weight excluding hydrogens is 352 g/mol. The highest BCUT2D eigenvalue weighted by atomic mass is 32.1. The van der Waals surface area contributed by atoms with Crippen LogP contribution in [0.5, 0.6) is 0 Å². The zero-order valence-electron chi connectivity index (χ0n) is 16.9. The van der Waals surface area contributed by atoms with Gasteiger partial charge in [-0.15, -0.1) is 11.3 Å². The van der Waals surface area contributed by atoms with E-state index < -0.39 is 0 Å². The average molecular weight is 377 g/mol. The van der Waals surface area contributed by atoms with E-state index in [-0.39, 0.29) is 0 Å². The number of hydrogen-bond donors (Lipinski definition) is 0. The van der Waals surface area contributed by atoms with Crippen LogP contribution in [0.15, 0.2) is 18.2 Å². The van der Waals surface area contributed by atoms with Gasteiger partial charge in [0, 0.05) is 32.6 Å². The lowest BCUT2D eigenvalue weighted by molar-refractivity contribution is 0.958. The van der Waals surface area contributed by atoms with E-state index in [2.05, 4.69) is 67.6 Å². The maximum absolute atomic E-state index is 5.04. The Morgan fingerprint density at radius 1 is 0.778 bits per heavy atom. The van der Waals surface area contributed by atoms with Crippen LogP contribution < -0.4 is 0 Å². The molecule has 0 aliphatic heterocycles. The number of benzene rings is 1. The first-order valence-electron chi connectivity index (χ1n) is 9.16. The fraction of sp³-hybridized carbons (Fsp3) is 0.318. The van der Waals surface area contributed by atoms with Crippen LogP contribution in [0.4, 0.5) is 0 Å². The van der Waals surface area contributed by atoms with Gasteiger partial charge < -0.3 is 0 Å². The third-order valence-electron chi connectivity index (χ3n) is 5.47. The monoisotopic (exact) mass is 376 g/mol. The van der Waals surface area contributed by atoms with E-state index in [9.17, 15) is 0 Å². The third kappa shape index (κ3) is 2.69. The van der Waals surface area contributed by atoms with Gasteiger partial charge in [-0.3, -0.25) is 4.57 Å². The zero-order chi connectivity index (χ0) is 19.5. The van der Waals surface area contributed by atoms with Gasteiger partial charge >= 0.3 is 0 Å². The summed E-state index contributed by atoms with van der Waals surface area (Å²) in [5, 5.41) is 12.0. The quantitative estimate of drug-likeness (QED) is 0.450. The van der Waals surface area contributed by atoms with Crippen molar-refractivity contribution in [1.82, 2.24) is 19.7 Å². The van der Waals surface area contributed by atoms with E-state index in [1.807, 2.05) is 13.8 Å². The molecule has 0 spiro atoms. The SMILES string of the molecule is Cc1ccc(-c2nc(-n3c(C)c4c(C)nnc(C)c4c3C)sc2C)cc1C. The highest BCUT2D eigenvalue weighted by Gasteiger charge is 2.20. The van der Waals surface area contributed by atoms with Gasteiger partial charge in [-0.05, 0) is 65.7 Å². The Hall–Kier alpha value is -2.53. The van der Waals surface area contributed by atoms with E-state index in [0.717, 1.165) is 22.2 Å². The number of rotatable bonds is 2. The molecule has 138 valence electrons. The van der Waals surface area contributed by atoms with Gasteiger partial charge in [0.1, 0.15) is 0 Å². The number of nitrogens with zero attached hydrogens (tertiary/aromatic N) is 4. The van der Waals surface area contributed by atoms with Gasteiger partial charge in [-0.1, -0.05) is 12.1 Å². The van der Waals surface area contributed by atoms with Gasteiger partial charge in [0.15, 0.2) is 5.13 Å². The standard InChI is InChI=1S/C22H24N4S/c1-11-8-9-18(10-12(11)2)21-17(7)27-22(23-21)26-15(5)19-13(3)24-25-14(4)20(19)16(26)6/h8-10H,1-7H3. The lowest BCUT2D eigenvalue weighted by Gasteiger charge is -2.05. The normalized spacial score (nSPS) is 11.5. The summed E-state index contributed by atoms with van der Waals surface area (Å²) in [6.07, 6.45) is 0. The number of fused-ring (bicyclic) bond motifs is 1. The summed E-state index contributed by atoms with van der Waals surface area (Å²) in [5.41, 5.74) is 9.15. The van der Waals surface area contributed by atoms with Crippen molar-refractivity contribution < 1.29 is 0 Å². The van der Waals surface area contributed by atoms with Crippen LogP contribution >= 0.6 is 11.3 Å². The Bertz CT molecular complexity index is 1150. The minimum atomic E-state index is 0.970. The van der Waals surface area contributed by atoms with Gasteiger partial charge in [-0.2, -0.15) is 10.2 Å². The van der Waals surface area contributed by atoms with Crippen LogP contribution in [0.25, 0.3) is 27.2 Å². The number of aryl methyl sites for hydroxylation is 7. The van der Waals surface area contributed by atoms with Crippen LogP contribution in [-0.2, 0) is 0 Å². The maximum Gasteiger partial charge on any atom is 0.194 e. The van der Waals surface area contributed by atoms with Crippen LogP contribution in [0.2, 0.25) is 0 Å². The minimum absolute atomic E-state index is 0.970. The Morgan fingerprint density at radius 3 is 1.93 bits per heavy atom. The molecule has 4 nitrogen and oxygen atoms in total.